The maximum Gasteiger partial charge on any atom is 0.304 e. The first-order valence-corrected chi connectivity index (χ1v) is 6.97. The third kappa shape index (κ3) is 2.61. The molecule has 1 saturated carbocycles. The molecule has 0 bridgehead atoms. The monoisotopic (exact) mass is 293 g/mol. The van der Waals surface area contributed by atoms with E-state index in [1.807, 2.05) is 0 Å². The zero-order valence-corrected chi connectivity index (χ0v) is 11.4. The van der Waals surface area contributed by atoms with Crippen LogP contribution in [0.4, 0.5) is 15.8 Å². The molecule has 0 radical (unpaired) electrons. The molecule has 3 rings (SSSR count). The summed E-state index contributed by atoms with van der Waals surface area (Å²) in [6, 6.07) is 3.42. The van der Waals surface area contributed by atoms with E-state index in [4.69, 9.17) is 0 Å². The first-order valence-electron chi connectivity index (χ1n) is 6.97. The molecule has 112 valence electrons. The summed E-state index contributed by atoms with van der Waals surface area (Å²) in [5.41, 5.74) is -0.220. The van der Waals surface area contributed by atoms with Crippen molar-refractivity contribution in [2.45, 2.75) is 19.3 Å². The number of nitro groups is 1. The normalized spacial score (nSPS) is 22.8. The van der Waals surface area contributed by atoms with Crippen LogP contribution in [0, 0.1) is 27.3 Å². The summed E-state index contributed by atoms with van der Waals surface area (Å²) in [6.45, 7) is 1.85. The summed E-state index contributed by atoms with van der Waals surface area (Å²) in [7, 11) is 0. The number of hydrogen-bond acceptors (Lipinski definition) is 4. The average molecular weight is 293 g/mol. The first-order chi connectivity index (χ1) is 10.0. The minimum Gasteiger partial charge on any atom is -0.326 e. The van der Waals surface area contributed by atoms with Gasteiger partial charge in [-0.15, -0.1) is 0 Å². The predicted molar refractivity (Wildman–Crippen MR) is 74.3 cm³/mol. The highest BCUT2D eigenvalue weighted by atomic mass is 19.1. The minimum absolute atomic E-state index is 0.0298. The number of carbonyl (C=O) groups is 1. The molecule has 1 saturated heterocycles. The second-order valence-electron chi connectivity index (χ2n) is 5.78. The molecular formula is C14H16FN3O3. The molecule has 21 heavy (non-hydrogen) atoms. The van der Waals surface area contributed by atoms with Crippen LogP contribution in [0.5, 0.6) is 0 Å². The van der Waals surface area contributed by atoms with Crippen molar-refractivity contribution < 1.29 is 14.1 Å². The van der Waals surface area contributed by atoms with Crippen molar-refractivity contribution in [3.63, 3.8) is 0 Å². The summed E-state index contributed by atoms with van der Waals surface area (Å²) in [6.07, 6.45) is 2.84. The van der Waals surface area contributed by atoms with Crippen LogP contribution in [0.3, 0.4) is 0 Å². The van der Waals surface area contributed by atoms with Gasteiger partial charge >= 0.3 is 5.69 Å². The van der Waals surface area contributed by atoms with Crippen molar-refractivity contribution in [1.82, 2.24) is 5.32 Å². The molecule has 2 fully saturated rings. The maximum absolute atomic E-state index is 13.5. The van der Waals surface area contributed by atoms with Gasteiger partial charge in [0.05, 0.1) is 4.92 Å². The average Bonchev–Trinajstić information content (AvgIpc) is 3.13. The Morgan fingerprint density at radius 2 is 2.14 bits per heavy atom. The maximum atomic E-state index is 13.5. The van der Waals surface area contributed by atoms with Crippen LogP contribution in [-0.4, -0.2) is 23.9 Å². The Balaban J connectivity index is 1.66. The molecule has 1 unspecified atom stereocenters. The Kier molecular flexibility index (Phi) is 3.36. The van der Waals surface area contributed by atoms with E-state index >= 15 is 0 Å². The second kappa shape index (κ2) is 5.07. The van der Waals surface area contributed by atoms with Gasteiger partial charge in [0.15, 0.2) is 0 Å². The molecule has 1 aromatic carbocycles. The number of piperidine rings is 1. The van der Waals surface area contributed by atoms with Gasteiger partial charge < -0.3 is 10.6 Å². The summed E-state index contributed by atoms with van der Waals surface area (Å²) >= 11 is 0. The zero-order chi connectivity index (χ0) is 15.0. The highest BCUT2D eigenvalue weighted by Gasteiger charge is 2.57. The van der Waals surface area contributed by atoms with E-state index in [1.165, 1.54) is 6.07 Å². The fourth-order valence-corrected chi connectivity index (χ4v) is 3.16. The number of nitro benzene ring substituents is 1. The molecular weight excluding hydrogens is 277 g/mol. The molecule has 0 aromatic heterocycles. The minimum atomic E-state index is -0.940. The second-order valence-corrected chi connectivity index (χ2v) is 5.78. The molecule has 1 heterocycles. The van der Waals surface area contributed by atoms with E-state index in [2.05, 4.69) is 10.6 Å². The van der Waals surface area contributed by atoms with Crippen LogP contribution in [0.15, 0.2) is 18.2 Å². The lowest BCUT2D eigenvalue weighted by molar-refractivity contribution is -0.387. The molecule has 1 atom stereocenters. The third-order valence-electron chi connectivity index (χ3n) is 4.52. The summed E-state index contributed by atoms with van der Waals surface area (Å²) in [4.78, 5) is 22.0. The van der Waals surface area contributed by atoms with Gasteiger partial charge in [0.2, 0.25) is 11.7 Å². The number of nitrogens with zero attached hydrogens (tertiary/aromatic N) is 1. The molecule has 1 aliphatic carbocycles. The standard InChI is InChI=1S/C14H16FN3O3/c15-11-7-9(1-2-12(11)18(20)21)17-13(19)10-8-14(10)3-5-16-6-4-14/h1-2,7,10,16H,3-6,8H2,(H,17,19). The van der Waals surface area contributed by atoms with Gasteiger partial charge in [-0.1, -0.05) is 0 Å². The largest absolute Gasteiger partial charge is 0.326 e. The lowest BCUT2D eigenvalue weighted by Gasteiger charge is -2.23. The number of benzene rings is 1. The van der Waals surface area contributed by atoms with Crippen molar-refractivity contribution in [3.8, 4) is 0 Å². The van der Waals surface area contributed by atoms with E-state index in [9.17, 15) is 19.3 Å². The molecule has 1 aromatic rings. The number of amides is 1. The third-order valence-corrected chi connectivity index (χ3v) is 4.52. The smallest absolute Gasteiger partial charge is 0.304 e. The van der Waals surface area contributed by atoms with Crippen LogP contribution in [0.2, 0.25) is 0 Å². The van der Waals surface area contributed by atoms with E-state index in [0.717, 1.165) is 44.5 Å². The number of nitrogens with one attached hydrogen (secondary N) is 2. The molecule has 6 nitrogen and oxygen atoms in total. The zero-order valence-electron chi connectivity index (χ0n) is 11.4. The molecule has 2 N–H and O–H groups in total. The highest BCUT2D eigenvalue weighted by Crippen LogP contribution is 2.58. The first kappa shape index (κ1) is 13.9. The predicted octanol–water partition coefficient (Wildman–Crippen LogP) is 2.06. The molecule has 1 amide bonds. The Bertz CT molecular complexity index is 599. The summed E-state index contributed by atoms with van der Waals surface area (Å²) in [5.74, 6) is -1.09. The number of rotatable bonds is 3. The Morgan fingerprint density at radius 3 is 2.76 bits per heavy atom. The van der Waals surface area contributed by atoms with Crippen molar-refractivity contribution in [3.05, 3.63) is 34.1 Å². The quantitative estimate of drug-likeness (QED) is 0.660. The van der Waals surface area contributed by atoms with Crippen molar-refractivity contribution in [2.75, 3.05) is 18.4 Å². The summed E-state index contributed by atoms with van der Waals surface area (Å²) in [5, 5.41) is 16.5. The van der Waals surface area contributed by atoms with E-state index in [-0.39, 0.29) is 22.9 Å². The van der Waals surface area contributed by atoms with Crippen molar-refractivity contribution in [1.29, 1.82) is 0 Å². The Labute approximate surface area is 120 Å². The SMILES string of the molecule is O=C(Nc1ccc([N+](=O)[O-])c(F)c1)C1CC12CCNCC2. The van der Waals surface area contributed by atoms with Gasteiger partial charge in [-0.05, 0) is 43.8 Å². The molecule has 1 spiro atoms. The van der Waals surface area contributed by atoms with Crippen molar-refractivity contribution in [2.24, 2.45) is 11.3 Å². The van der Waals surface area contributed by atoms with E-state index < -0.39 is 16.4 Å². The molecule has 2 aliphatic rings. The Hall–Kier alpha value is -2.02. The summed E-state index contributed by atoms with van der Waals surface area (Å²) < 4.78 is 13.5. The van der Waals surface area contributed by atoms with Gasteiger partial charge in [-0.2, -0.15) is 4.39 Å². The lowest BCUT2D eigenvalue weighted by Crippen LogP contribution is -2.31. The highest BCUT2D eigenvalue weighted by molar-refractivity contribution is 5.95. The number of hydrogen-bond donors (Lipinski definition) is 2. The van der Waals surface area contributed by atoms with Crippen LogP contribution in [-0.2, 0) is 4.79 Å². The molecule has 1 aliphatic heterocycles. The fourth-order valence-electron chi connectivity index (χ4n) is 3.16. The number of halogens is 1. The number of carbonyl (C=O) groups excluding carboxylic acids is 1. The van der Waals surface area contributed by atoms with Gasteiger partial charge in [0, 0.05) is 23.7 Å². The van der Waals surface area contributed by atoms with Crippen LogP contribution in [0.1, 0.15) is 19.3 Å². The van der Waals surface area contributed by atoms with Gasteiger partial charge in [-0.25, -0.2) is 0 Å². The van der Waals surface area contributed by atoms with Gasteiger partial charge in [0.1, 0.15) is 0 Å². The van der Waals surface area contributed by atoms with E-state index in [0.29, 0.717) is 0 Å². The lowest BCUT2D eigenvalue weighted by atomic mass is 9.92. The van der Waals surface area contributed by atoms with Crippen LogP contribution >= 0.6 is 0 Å². The van der Waals surface area contributed by atoms with Gasteiger partial charge in [0.25, 0.3) is 0 Å². The fraction of sp³-hybridized carbons (Fsp3) is 0.500. The topological polar surface area (TPSA) is 84.3 Å². The van der Waals surface area contributed by atoms with E-state index in [1.54, 1.807) is 0 Å². The number of anilines is 1. The Morgan fingerprint density at radius 1 is 1.43 bits per heavy atom. The molecule has 7 heteroatoms. The van der Waals surface area contributed by atoms with Gasteiger partial charge in [-0.3, -0.25) is 14.9 Å². The van der Waals surface area contributed by atoms with Crippen LogP contribution in [0.25, 0.3) is 0 Å². The van der Waals surface area contributed by atoms with Crippen LogP contribution < -0.4 is 10.6 Å². The van der Waals surface area contributed by atoms with Crippen molar-refractivity contribution >= 4 is 17.3 Å².